The second kappa shape index (κ2) is 15.5. The topological polar surface area (TPSA) is 34.1 Å². The quantitative estimate of drug-likeness (QED) is 0.176. The van der Waals surface area contributed by atoms with Crippen molar-refractivity contribution in [3.05, 3.63) is 59.7 Å². The molecule has 2 nitrogen and oxygen atoms in total. The fraction of sp³-hybridized carbons (Fsp3) is 0.657. The summed E-state index contributed by atoms with van der Waals surface area (Å²) in [4.78, 5) is 25.7. The number of aryl methyl sites for hydroxylation is 1. The van der Waals surface area contributed by atoms with Crippen molar-refractivity contribution < 1.29 is 9.59 Å². The van der Waals surface area contributed by atoms with Gasteiger partial charge in [0.2, 0.25) is 0 Å². The molecule has 0 N–H and O–H groups in total. The molecule has 2 aliphatic carbocycles. The highest BCUT2D eigenvalue weighted by atomic mass is 16.1. The Morgan fingerprint density at radius 1 is 1.14 bits per heavy atom. The van der Waals surface area contributed by atoms with Gasteiger partial charge in [-0.3, -0.25) is 9.59 Å². The minimum absolute atomic E-state index is 0.0628. The largest absolute Gasteiger partial charge is 0.299 e. The maximum absolute atomic E-state index is 13.2. The number of ketones is 2. The summed E-state index contributed by atoms with van der Waals surface area (Å²) >= 11 is 0. The first-order valence-corrected chi connectivity index (χ1v) is 15.3. The molecule has 3 atom stereocenters. The van der Waals surface area contributed by atoms with E-state index in [-0.39, 0.29) is 11.7 Å². The third-order valence-corrected chi connectivity index (χ3v) is 9.27. The van der Waals surface area contributed by atoms with Gasteiger partial charge in [-0.25, -0.2) is 0 Å². The second-order valence-corrected chi connectivity index (χ2v) is 12.2. The van der Waals surface area contributed by atoms with Crippen molar-refractivity contribution in [3.8, 4) is 0 Å². The Bertz CT molecular complexity index is 902. The molecule has 0 bridgehead atoms. The zero-order chi connectivity index (χ0) is 26.6. The van der Waals surface area contributed by atoms with Crippen molar-refractivity contribution >= 4 is 11.6 Å². The first-order valence-electron chi connectivity index (χ1n) is 15.3. The monoisotopic (exact) mass is 504 g/mol. The standard InChI is InChI=1S/C35H52O2/c1-5-7-8-12-27(4)34(36)16-10-14-30(11-6-2)32-24-33(35(37)25-32)31-15-9-13-29(23-31)22-21-28-19-17-26(3)18-20-28/h5,7,9,13,15,23,26,28,30,32-33H,4,6,8,10-12,14,16-22,24-25H2,1-3H3. The van der Waals surface area contributed by atoms with Gasteiger partial charge in [0, 0.05) is 18.8 Å². The van der Waals surface area contributed by atoms with E-state index < -0.39 is 0 Å². The molecule has 0 saturated heterocycles. The van der Waals surface area contributed by atoms with E-state index in [1.165, 1.54) is 43.2 Å². The van der Waals surface area contributed by atoms with Crippen molar-refractivity contribution in [3.63, 3.8) is 0 Å². The van der Waals surface area contributed by atoms with Gasteiger partial charge < -0.3 is 0 Å². The first-order chi connectivity index (χ1) is 17.9. The van der Waals surface area contributed by atoms with Crippen molar-refractivity contribution in [1.29, 1.82) is 0 Å². The maximum Gasteiger partial charge on any atom is 0.158 e. The van der Waals surface area contributed by atoms with Crippen LogP contribution in [0.2, 0.25) is 0 Å². The molecule has 0 spiro atoms. The van der Waals surface area contributed by atoms with Gasteiger partial charge in [-0.15, -0.1) is 0 Å². The minimum atomic E-state index is 0.0628. The molecule has 204 valence electrons. The molecule has 0 aromatic heterocycles. The Hall–Kier alpha value is -1.96. The minimum Gasteiger partial charge on any atom is -0.299 e. The third kappa shape index (κ3) is 9.38. The van der Waals surface area contributed by atoms with Crippen LogP contribution >= 0.6 is 0 Å². The summed E-state index contributed by atoms with van der Waals surface area (Å²) < 4.78 is 0. The zero-order valence-electron chi connectivity index (χ0n) is 24.0. The van der Waals surface area contributed by atoms with Crippen molar-refractivity contribution in [2.45, 2.75) is 123 Å². The van der Waals surface area contributed by atoms with Gasteiger partial charge in [0.1, 0.15) is 5.78 Å². The van der Waals surface area contributed by atoms with Gasteiger partial charge in [-0.05, 0) is 92.2 Å². The van der Waals surface area contributed by atoms with E-state index in [9.17, 15) is 9.59 Å². The molecular weight excluding hydrogens is 452 g/mol. The van der Waals surface area contributed by atoms with Gasteiger partial charge in [0.05, 0.1) is 0 Å². The Kier molecular flexibility index (Phi) is 12.4. The van der Waals surface area contributed by atoms with E-state index in [1.54, 1.807) is 0 Å². The number of rotatable bonds is 15. The lowest BCUT2D eigenvalue weighted by molar-refractivity contribution is -0.119. The van der Waals surface area contributed by atoms with Crippen molar-refractivity contribution in [2.24, 2.45) is 23.7 Å². The highest BCUT2D eigenvalue weighted by molar-refractivity contribution is 5.94. The van der Waals surface area contributed by atoms with E-state index in [4.69, 9.17) is 0 Å². The van der Waals surface area contributed by atoms with Crippen molar-refractivity contribution in [2.75, 3.05) is 0 Å². The average molecular weight is 505 g/mol. The number of Topliss-reactive ketones (excluding diaryl/α,β-unsaturated/α-hetero) is 2. The van der Waals surface area contributed by atoms with Crippen LogP contribution in [0.25, 0.3) is 0 Å². The normalized spacial score (nSPS) is 25.0. The van der Waals surface area contributed by atoms with Crippen LogP contribution in [0.4, 0.5) is 0 Å². The molecule has 2 fully saturated rings. The molecular formula is C35H52O2. The van der Waals surface area contributed by atoms with Gasteiger partial charge >= 0.3 is 0 Å². The Morgan fingerprint density at radius 3 is 2.65 bits per heavy atom. The van der Waals surface area contributed by atoms with Crippen LogP contribution in [0.5, 0.6) is 0 Å². The van der Waals surface area contributed by atoms with Gasteiger partial charge in [0.25, 0.3) is 0 Å². The van der Waals surface area contributed by atoms with E-state index in [0.717, 1.165) is 68.8 Å². The zero-order valence-corrected chi connectivity index (χ0v) is 24.0. The van der Waals surface area contributed by atoms with Crippen LogP contribution < -0.4 is 0 Å². The lowest BCUT2D eigenvalue weighted by atomic mass is 9.80. The molecule has 0 aliphatic heterocycles. The van der Waals surface area contributed by atoms with E-state index in [1.807, 2.05) is 13.0 Å². The Balaban J connectivity index is 1.51. The molecule has 2 heteroatoms. The number of allylic oxidation sites excluding steroid dienone is 3. The van der Waals surface area contributed by atoms with Crippen LogP contribution in [-0.2, 0) is 16.0 Å². The number of carbonyl (C=O) groups is 2. The summed E-state index contributed by atoms with van der Waals surface area (Å²) in [5, 5.41) is 0. The van der Waals surface area contributed by atoms with Crippen LogP contribution in [0.1, 0.15) is 128 Å². The van der Waals surface area contributed by atoms with E-state index >= 15 is 0 Å². The Labute approximate surface area is 227 Å². The Morgan fingerprint density at radius 2 is 1.92 bits per heavy atom. The summed E-state index contributed by atoms with van der Waals surface area (Å²) in [6, 6.07) is 8.95. The number of carbonyl (C=O) groups excluding carboxylic acids is 2. The predicted octanol–water partition coefficient (Wildman–Crippen LogP) is 9.58. The molecule has 3 rings (SSSR count). The highest BCUT2D eigenvalue weighted by Gasteiger charge is 2.37. The van der Waals surface area contributed by atoms with Crippen LogP contribution in [0.15, 0.2) is 48.6 Å². The molecule has 1 aromatic carbocycles. The van der Waals surface area contributed by atoms with Crippen LogP contribution in [0, 0.1) is 23.7 Å². The first kappa shape index (κ1) is 29.6. The molecule has 3 unspecified atom stereocenters. The fourth-order valence-electron chi connectivity index (χ4n) is 6.81. The van der Waals surface area contributed by atoms with E-state index in [2.05, 4.69) is 50.8 Å². The van der Waals surface area contributed by atoms with E-state index in [0.29, 0.717) is 30.5 Å². The van der Waals surface area contributed by atoms with Gasteiger partial charge in [-0.1, -0.05) is 95.4 Å². The smallest absolute Gasteiger partial charge is 0.158 e. The molecule has 0 amide bonds. The third-order valence-electron chi connectivity index (χ3n) is 9.27. The molecule has 1 aromatic rings. The van der Waals surface area contributed by atoms with Crippen LogP contribution in [-0.4, -0.2) is 11.6 Å². The molecule has 0 heterocycles. The van der Waals surface area contributed by atoms with Gasteiger partial charge in [0.15, 0.2) is 5.78 Å². The summed E-state index contributed by atoms with van der Waals surface area (Å²) in [5.41, 5.74) is 3.41. The SMILES string of the molecule is C=C(CCC=CC)C(=O)CCCC(CCC)C1CC(=O)C(c2cccc(CCC3CCC(C)CC3)c2)C1. The molecule has 2 saturated carbocycles. The summed E-state index contributed by atoms with van der Waals surface area (Å²) in [6.45, 7) is 10.7. The summed E-state index contributed by atoms with van der Waals surface area (Å²) in [6.07, 6.45) is 20.3. The summed E-state index contributed by atoms with van der Waals surface area (Å²) in [7, 11) is 0. The lowest BCUT2D eigenvalue weighted by Gasteiger charge is -2.26. The average Bonchev–Trinajstić information content (AvgIpc) is 3.29. The number of benzene rings is 1. The highest BCUT2D eigenvalue weighted by Crippen LogP contribution is 2.42. The molecule has 37 heavy (non-hydrogen) atoms. The second-order valence-electron chi connectivity index (χ2n) is 12.2. The van der Waals surface area contributed by atoms with Gasteiger partial charge in [-0.2, -0.15) is 0 Å². The maximum atomic E-state index is 13.2. The van der Waals surface area contributed by atoms with Crippen LogP contribution in [0.3, 0.4) is 0 Å². The summed E-state index contributed by atoms with van der Waals surface area (Å²) in [5.74, 6) is 3.50. The lowest BCUT2D eigenvalue weighted by Crippen LogP contribution is -2.13. The van der Waals surface area contributed by atoms with Crippen molar-refractivity contribution in [1.82, 2.24) is 0 Å². The molecule has 2 aliphatic rings. The predicted molar refractivity (Wildman–Crippen MR) is 157 cm³/mol. The fourth-order valence-corrected chi connectivity index (χ4v) is 6.81. The number of hydrogen-bond donors (Lipinski definition) is 0. The number of hydrogen-bond acceptors (Lipinski definition) is 2. The molecule has 0 radical (unpaired) electrons.